The van der Waals surface area contributed by atoms with Crippen LogP contribution in [0.5, 0.6) is 5.75 Å². The molecule has 0 radical (unpaired) electrons. The van der Waals surface area contributed by atoms with Crippen molar-refractivity contribution in [1.82, 2.24) is 14.5 Å². The molecule has 8 heteroatoms. The van der Waals surface area contributed by atoms with Gasteiger partial charge in [-0.3, -0.25) is 10.2 Å². The topological polar surface area (TPSA) is 109 Å². The number of phenolic OH excluding ortho intramolecular Hbond substituents is 1. The Morgan fingerprint density at radius 1 is 0.854 bits per heavy atom. The van der Waals surface area contributed by atoms with Crippen LogP contribution in [0, 0.1) is 5.41 Å². The number of imidazole rings is 1. The maximum absolute atomic E-state index is 13.7. The average Bonchev–Trinajstić information content (AvgIpc) is 3.17. The maximum atomic E-state index is 13.7. The van der Waals surface area contributed by atoms with Crippen LogP contribution in [0.15, 0.2) is 66.7 Å². The zero-order valence-corrected chi connectivity index (χ0v) is 24.7. The monoisotopic (exact) mass is 556 g/mol. The highest BCUT2D eigenvalue weighted by Gasteiger charge is 2.28. The maximum Gasteiger partial charge on any atom is 0.407 e. The number of carbonyl (C=O) groups is 2. The molecule has 0 saturated carbocycles. The fraction of sp³-hybridized carbons (Fsp3) is 0.364. The predicted molar refractivity (Wildman–Crippen MR) is 160 cm³/mol. The lowest BCUT2D eigenvalue weighted by Gasteiger charge is -2.28. The van der Waals surface area contributed by atoms with Crippen molar-refractivity contribution >= 4 is 22.9 Å². The third-order valence-corrected chi connectivity index (χ3v) is 7.14. The minimum atomic E-state index is -0.531. The molecule has 0 saturated heterocycles. The molecule has 0 unspecified atom stereocenters. The van der Waals surface area contributed by atoms with Gasteiger partial charge < -0.3 is 24.3 Å². The lowest BCUT2D eigenvalue weighted by Crippen LogP contribution is -2.33. The Bertz CT molecular complexity index is 1580. The number of nitrogens with zero attached hydrogens (tertiary/aromatic N) is 2. The lowest BCUT2D eigenvalue weighted by atomic mass is 9.78. The van der Waals surface area contributed by atoms with Crippen molar-refractivity contribution in [3.8, 4) is 5.75 Å². The molecule has 3 aromatic carbocycles. The summed E-state index contributed by atoms with van der Waals surface area (Å²) in [5.74, 6) is 0.0757. The first-order chi connectivity index (χ1) is 19.3. The number of benzene rings is 3. The molecule has 8 nitrogen and oxygen atoms in total. The molecular formula is C33H40N4O4. The molecule has 0 fully saturated rings. The van der Waals surface area contributed by atoms with Gasteiger partial charge in [-0.05, 0) is 40.7 Å². The van der Waals surface area contributed by atoms with E-state index in [4.69, 9.17) is 10.1 Å². The Morgan fingerprint density at radius 3 is 1.95 bits per heavy atom. The Kier molecular flexibility index (Phi) is 8.42. The molecule has 1 aromatic heterocycles. The number of alkyl carbamates (subject to hydrolysis) is 1. The van der Waals surface area contributed by atoms with Crippen molar-refractivity contribution in [2.75, 3.05) is 6.54 Å². The van der Waals surface area contributed by atoms with E-state index in [2.05, 4.69) is 5.32 Å². The first-order valence-electron chi connectivity index (χ1n) is 13.9. The molecule has 0 bridgehead atoms. The van der Waals surface area contributed by atoms with Crippen molar-refractivity contribution < 1.29 is 19.4 Å². The highest BCUT2D eigenvalue weighted by atomic mass is 16.5. The normalized spacial score (nSPS) is 12.0. The highest BCUT2D eigenvalue weighted by Crippen LogP contribution is 2.40. The smallest absolute Gasteiger partial charge is 0.407 e. The zero-order chi connectivity index (χ0) is 29.9. The Morgan fingerprint density at radius 2 is 1.39 bits per heavy atom. The summed E-state index contributed by atoms with van der Waals surface area (Å²) in [6, 6.07) is 20.6. The molecule has 1 amide bonds. The van der Waals surface area contributed by atoms with Gasteiger partial charge in [0.15, 0.2) is 5.78 Å². The third-order valence-electron chi connectivity index (χ3n) is 7.14. The van der Waals surface area contributed by atoms with Gasteiger partial charge in [0.2, 0.25) is 5.62 Å². The van der Waals surface area contributed by atoms with Crippen LogP contribution in [0.1, 0.15) is 68.6 Å². The van der Waals surface area contributed by atoms with Crippen LogP contribution in [0.2, 0.25) is 0 Å². The van der Waals surface area contributed by atoms with E-state index >= 15 is 0 Å². The van der Waals surface area contributed by atoms with Crippen molar-refractivity contribution in [2.45, 2.75) is 72.1 Å². The Balaban J connectivity index is 1.56. The second kappa shape index (κ2) is 11.6. The minimum Gasteiger partial charge on any atom is -0.507 e. The van der Waals surface area contributed by atoms with E-state index in [1.54, 1.807) is 21.3 Å². The number of phenols is 1. The Hall–Kier alpha value is -4.33. The summed E-state index contributed by atoms with van der Waals surface area (Å²) in [7, 11) is 0. The average molecular weight is 557 g/mol. The van der Waals surface area contributed by atoms with E-state index in [1.165, 1.54) is 0 Å². The van der Waals surface area contributed by atoms with Crippen LogP contribution >= 0.6 is 0 Å². The molecule has 0 aliphatic carbocycles. The van der Waals surface area contributed by atoms with E-state index in [9.17, 15) is 14.7 Å². The summed E-state index contributed by atoms with van der Waals surface area (Å²) >= 11 is 0. The van der Waals surface area contributed by atoms with E-state index in [0.717, 1.165) is 27.7 Å². The summed E-state index contributed by atoms with van der Waals surface area (Å²) in [5.41, 5.74) is 3.82. The molecule has 4 rings (SSSR count). The van der Waals surface area contributed by atoms with Gasteiger partial charge in [0, 0.05) is 29.8 Å². The van der Waals surface area contributed by atoms with Gasteiger partial charge >= 0.3 is 6.09 Å². The van der Waals surface area contributed by atoms with Gasteiger partial charge in [-0.2, -0.15) is 0 Å². The van der Waals surface area contributed by atoms with Crippen molar-refractivity contribution in [3.05, 3.63) is 94.6 Å². The summed E-state index contributed by atoms with van der Waals surface area (Å²) in [4.78, 5) is 25.9. The van der Waals surface area contributed by atoms with E-state index < -0.39 is 6.09 Å². The largest absolute Gasteiger partial charge is 0.507 e. The van der Waals surface area contributed by atoms with E-state index in [0.29, 0.717) is 12.1 Å². The van der Waals surface area contributed by atoms with Gasteiger partial charge in [-0.1, -0.05) is 84.0 Å². The van der Waals surface area contributed by atoms with Crippen LogP contribution in [-0.2, 0) is 35.3 Å². The van der Waals surface area contributed by atoms with Crippen LogP contribution in [-0.4, -0.2) is 32.7 Å². The number of hydrogen-bond donors (Lipinski definition) is 3. The number of hydrogen-bond acceptors (Lipinski definition) is 5. The van der Waals surface area contributed by atoms with Crippen LogP contribution in [0.3, 0.4) is 0 Å². The molecule has 0 atom stereocenters. The van der Waals surface area contributed by atoms with Crippen LogP contribution in [0.4, 0.5) is 4.79 Å². The third kappa shape index (κ3) is 6.70. The molecule has 41 heavy (non-hydrogen) atoms. The number of amides is 1. The zero-order valence-electron chi connectivity index (χ0n) is 24.7. The van der Waals surface area contributed by atoms with E-state index in [-0.39, 0.29) is 47.7 Å². The van der Waals surface area contributed by atoms with Crippen molar-refractivity contribution in [3.63, 3.8) is 0 Å². The molecule has 216 valence electrons. The fourth-order valence-electron chi connectivity index (χ4n) is 4.90. The molecule has 1 heterocycles. The fourth-order valence-corrected chi connectivity index (χ4v) is 4.90. The quantitative estimate of drug-likeness (QED) is 0.230. The Labute approximate surface area is 241 Å². The summed E-state index contributed by atoms with van der Waals surface area (Å²) in [5, 5.41) is 22.7. The van der Waals surface area contributed by atoms with E-state index in [1.807, 2.05) is 96.1 Å². The molecule has 4 aromatic rings. The number of ether oxygens (including phenoxy) is 1. The number of ketones is 1. The minimum absolute atomic E-state index is 0.0309. The SMILES string of the molecule is CC(C)(C)c1cc(C(=O)Cn2c(=N)n(CCNC(=O)OCc3ccccc3)c3ccccc32)cc(C(C)(C)C)c1O. The second-order valence-electron chi connectivity index (χ2n) is 12.4. The van der Waals surface area contributed by atoms with Crippen molar-refractivity contribution in [1.29, 1.82) is 5.41 Å². The summed E-state index contributed by atoms with van der Waals surface area (Å²) in [6.07, 6.45) is -0.531. The number of Topliss-reactive ketones (excluding diaryl/α,β-unsaturated/α-hetero) is 1. The number of aromatic nitrogens is 2. The highest BCUT2D eigenvalue weighted by molar-refractivity contribution is 5.97. The molecular weight excluding hydrogens is 516 g/mol. The number of nitrogens with one attached hydrogen (secondary N) is 2. The number of carbonyl (C=O) groups excluding carboxylic acids is 2. The van der Waals surface area contributed by atoms with Crippen LogP contribution in [0.25, 0.3) is 11.0 Å². The van der Waals surface area contributed by atoms with Gasteiger partial charge in [0.05, 0.1) is 17.6 Å². The predicted octanol–water partition coefficient (Wildman–Crippen LogP) is 6.03. The summed E-state index contributed by atoms with van der Waals surface area (Å²) in [6.45, 7) is 12.8. The number of aromatic hydroxyl groups is 1. The molecule has 0 aliphatic heterocycles. The van der Waals surface area contributed by atoms with Gasteiger partial charge in [0.1, 0.15) is 12.4 Å². The first kappa shape index (κ1) is 29.6. The summed E-state index contributed by atoms with van der Waals surface area (Å²) < 4.78 is 8.75. The van der Waals surface area contributed by atoms with Gasteiger partial charge in [-0.25, -0.2) is 4.79 Å². The van der Waals surface area contributed by atoms with Gasteiger partial charge in [0.25, 0.3) is 0 Å². The second-order valence-corrected chi connectivity index (χ2v) is 12.4. The van der Waals surface area contributed by atoms with Crippen LogP contribution < -0.4 is 10.9 Å². The molecule has 3 N–H and O–H groups in total. The number of fused-ring (bicyclic) bond motifs is 1. The number of rotatable bonds is 8. The molecule has 0 spiro atoms. The van der Waals surface area contributed by atoms with Crippen molar-refractivity contribution in [2.24, 2.45) is 0 Å². The lowest BCUT2D eigenvalue weighted by molar-refractivity contribution is 0.0971. The first-order valence-corrected chi connectivity index (χ1v) is 13.9. The number of para-hydroxylation sites is 2. The molecule has 0 aliphatic rings. The standard InChI is InChI=1S/C33H40N4O4/c1-32(2,3)24-18-23(19-25(29(24)39)33(4,5)6)28(38)20-37-27-15-11-10-14-26(27)36(30(37)34)17-16-35-31(40)41-21-22-12-8-7-9-13-22/h7-15,18-19,34,39H,16-17,20-21H2,1-6H3,(H,35,40). The van der Waals surface area contributed by atoms with Gasteiger partial charge in [-0.15, -0.1) is 0 Å².